The highest BCUT2D eigenvalue weighted by Gasteiger charge is 2.39. The van der Waals surface area contributed by atoms with Crippen molar-refractivity contribution in [3.8, 4) is 0 Å². The Bertz CT molecular complexity index is 327. The van der Waals surface area contributed by atoms with E-state index in [1.54, 1.807) is 0 Å². The number of hydrogen-bond acceptors (Lipinski definition) is 5. The second-order valence-electron chi connectivity index (χ2n) is 3.11. The molecular formula is C8H11F3N2O3. The molecule has 1 N–H and O–H groups in total. The van der Waals surface area contributed by atoms with Crippen molar-refractivity contribution in [1.82, 2.24) is 10.1 Å². The third-order valence-corrected chi connectivity index (χ3v) is 1.79. The molecule has 0 spiro atoms. The minimum Gasteiger partial charge on any atom is -0.384 e. The number of aliphatic hydroxyl groups is 1. The summed E-state index contributed by atoms with van der Waals surface area (Å²) in [4.78, 5) is 3.68. The number of halogens is 3. The molecule has 5 nitrogen and oxygen atoms in total. The zero-order chi connectivity index (χ0) is 12.2. The van der Waals surface area contributed by atoms with Crippen molar-refractivity contribution < 1.29 is 27.5 Å². The fraction of sp³-hybridized carbons (Fsp3) is 0.750. The highest BCUT2D eigenvalue weighted by atomic mass is 19.4. The van der Waals surface area contributed by atoms with Crippen LogP contribution in [-0.2, 0) is 17.6 Å². The molecule has 8 heteroatoms. The summed E-state index contributed by atoms with van der Waals surface area (Å²) in [6.07, 6.45) is -7.55. The minimum absolute atomic E-state index is 0.240. The summed E-state index contributed by atoms with van der Waals surface area (Å²) < 4.78 is 45.2. The molecule has 0 aromatic carbocycles. The number of methoxy groups -OCH3 is 1. The molecular weight excluding hydrogens is 229 g/mol. The largest absolute Gasteiger partial charge is 0.414 e. The zero-order valence-electron chi connectivity index (χ0n) is 8.49. The van der Waals surface area contributed by atoms with E-state index in [-0.39, 0.29) is 11.7 Å². The normalized spacial score (nSPS) is 14.1. The smallest absolute Gasteiger partial charge is 0.384 e. The number of aromatic nitrogens is 2. The Kier molecular flexibility index (Phi) is 4.25. The molecule has 1 atom stereocenters. The first kappa shape index (κ1) is 12.9. The first-order valence-electron chi connectivity index (χ1n) is 4.48. The van der Waals surface area contributed by atoms with Crippen molar-refractivity contribution in [3.05, 3.63) is 11.7 Å². The molecule has 0 saturated heterocycles. The van der Waals surface area contributed by atoms with Crippen LogP contribution in [0.5, 0.6) is 0 Å². The highest BCUT2D eigenvalue weighted by Crippen LogP contribution is 2.22. The highest BCUT2D eigenvalue weighted by molar-refractivity contribution is 4.89. The van der Waals surface area contributed by atoms with Crippen molar-refractivity contribution >= 4 is 0 Å². The first-order chi connectivity index (χ1) is 7.43. The lowest BCUT2D eigenvalue weighted by molar-refractivity contribution is -0.204. The summed E-state index contributed by atoms with van der Waals surface area (Å²) >= 11 is 0. The predicted octanol–water partition coefficient (Wildman–Crippen LogP) is 0.724. The van der Waals surface area contributed by atoms with Crippen LogP contribution < -0.4 is 0 Å². The van der Waals surface area contributed by atoms with Crippen LogP contribution >= 0.6 is 0 Å². The minimum atomic E-state index is -4.68. The van der Waals surface area contributed by atoms with Crippen molar-refractivity contribution in [2.24, 2.45) is 0 Å². The lowest BCUT2D eigenvalue weighted by Gasteiger charge is -2.11. The first-order valence-corrected chi connectivity index (χ1v) is 4.48. The van der Waals surface area contributed by atoms with Gasteiger partial charge in [0, 0.05) is 13.5 Å². The summed E-state index contributed by atoms with van der Waals surface area (Å²) in [5, 5.41) is 12.2. The lowest BCUT2D eigenvalue weighted by Crippen LogP contribution is -2.30. The van der Waals surface area contributed by atoms with Gasteiger partial charge in [-0.3, -0.25) is 0 Å². The topological polar surface area (TPSA) is 68.4 Å². The second kappa shape index (κ2) is 5.26. The maximum absolute atomic E-state index is 12.0. The van der Waals surface area contributed by atoms with E-state index in [4.69, 9.17) is 9.84 Å². The Morgan fingerprint density at radius 1 is 1.50 bits per heavy atom. The quantitative estimate of drug-likeness (QED) is 0.821. The second-order valence-corrected chi connectivity index (χ2v) is 3.11. The zero-order valence-corrected chi connectivity index (χ0v) is 8.49. The molecule has 0 aliphatic rings. The van der Waals surface area contributed by atoms with Crippen LogP contribution in [0, 0.1) is 0 Å². The molecule has 0 amide bonds. The molecule has 0 radical (unpaired) electrons. The standard InChI is InChI=1S/C8H11F3N2O3/c1-15-3-2-6-12-7(16-13-6)4-5(14)8(9,10)11/h5,14H,2-4H2,1H3. The van der Waals surface area contributed by atoms with Gasteiger partial charge in [0.15, 0.2) is 11.9 Å². The third-order valence-electron chi connectivity index (χ3n) is 1.79. The summed E-state index contributed by atoms with van der Waals surface area (Å²) in [5.41, 5.74) is 0. The molecule has 0 saturated carbocycles. The molecule has 0 aliphatic carbocycles. The predicted molar refractivity (Wildman–Crippen MR) is 45.6 cm³/mol. The van der Waals surface area contributed by atoms with Gasteiger partial charge in [-0.15, -0.1) is 0 Å². The fourth-order valence-electron chi connectivity index (χ4n) is 0.949. The number of alkyl halides is 3. The van der Waals surface area contributed by atoms with Crippen LogP contribution in [-0.4, -0.2) is 41.2 Å². The van der Waals surface area contributed by atoms with Crippen molar-refractivity contribution in [2.45, 2.75) is 25.1 Å². The molecule has 0 fully saturated rings. The lowest BCUT2D eigenvalue weighted by atomic mass is 10.2. The Hall–Kier alpha value is -1.15. The van der Waals surface area contributed by atoms with Gasteiger partial charge in [-0.05, 0) is 0 Å². The van der Waals surface area contributed by atoms with Gasteiger partial charge in [-0.1, -0.05) is 5.16 Å². The third kappa shape index (κ3) is 3.78. The van der Waals surface area contributed by atoms with Gasteiger partial charge in [-0.2, -0.15) is 18.2 Å². The van der Waals surface area contributed by atoms with Crippen molar-refractivity contribution in [2.75, 3.05) is 13.7 Å². The number of hydrogen-bond donors (Lipinski definition) is 1. The summed E-state index contributed by atoms with van der Waals surface area (Å²) in [5.74, 6) is 0.0159. The number of ether oxygens (including phenoxy) is 1. The van der Waals surface area contributed by atoms with Crippen molar-refractivity contribution in [3.63, 3.8) is 0 Å². The molecule has 1 heterocycles. The van der Waals surface area contributed by atoms with Crippen LogP contribution in [0.25, 0.3) is 0 Å². The average Bonchev–Trinajstić information content (AvgIpc) is 2.61. The molecule has 0 bridgehead atoms. The maximum atomic E-state index is 12.0. The number of aliphatic hydroxyl groups excluding tert-OH is 1. The number of rotatable bonds is 5. The Balaban J connectivity index is 2.52. The molecule has 1 unspecified atom stereocenters. The van der Waals surface area contributed by atoms with Gasteiger partial charge in [0.05, 0.1) is 13.0 Å². The van der Waals surface area contributed by atoms with E-state index in [0.717, 1.165) is 0 Å². The van der Waals surface area contributed by atoms with Crippen LogP contribution in [0.2, 0.25) is 0 Å². The molecule has 1 aromatic rings. The van der Waals surface area contributed by atoms with Gasteiger partial charge in [0.25, 0.3) is 0 Å². The Morgan fingerprint density at radius 2 is 2.19 bits per heavy atom. The van der Waals surface area contributed by atoms with E-state index in [0.29, 0.717) is 13.0 Å². The van der Waals surface area contributed by atoms with E-state index in [9.17, 15) is 13.2 Å². The molecule has 0 aliphatic heterocycles. The average molecular weight is 240 g/mol. The number of nitrogens with zero attached hydrogens (tertiary/aromatic N) is 2. The maximum Gasteiger partial charge on any atom is 0.414 e. The van der Waals surface area contributed by atoms with Crippen LogP contribution in [0.3, 0.4) is 0 Å². The Morgan fingerprint density at radius 3 is 2.75 bits per heavy atom. The molecule has 1 aromatic heterocycles. The van der Waals surface area contributed by atoms with Gasteiger partial charge >= 0.3 is 6.18 Å². The Labute approximate surface area is 89.2 Å². The fourth-order valence-corrected chi connectivity index (χ4v) is 0.949. The molecule has 92 valence electrons. The van der Waals surface area contributed by atoms with Crippen LogP contribution in [0.1, 0.15) is 11.7 Å². The van der Waals surface area contributed by atoms with E-state index in [1.165, 1.54) is 7.11 Å². The van der Waals surface area contributed by atoms with Gasteiger partial charge in [-0.25, -0.2) is 0 Å². The van der Waals surface area contributed by atoms with Gasteiger partial charge in [0.2, 0.25) is 5.89 Å². The van der Waals surface area contributed by atoms with Gasteiger partial charge in [0.1, 0.15) is 0 Å². The van der Waals surface area contributed by atoms with E-state index < -0.39 is 18.7 Å². The van der Waals surface area contributed by atoms with Crippen LogP contribution in [0.4, 0.5) is 13.2 Å². The monoisotopic (exact) mass is 240 g/mol. The van der Waals surface area contributed by atoms with Crippen molar-refractivity contribution in [1.29, 1.82) is 0 Å². The summed E-state index contributed by atoms with van der Waals surface area (Å²) in [6, 6.07) is 0. The van der Waals surface area contributed by atoms with Gasteiger partial charge < -0.3 is 14.4 Å². The SMILES string of the molecule is COCCc1noc(CC(O)C(F)(F)F)n1. The summed E-state index contributed by atoms with van der Waals surface area (Å²) in [7, 11) is 1.48. The molecule has 1 rings (SSSR count). The van der Waals surface area contributed by atoms with E-state index in [2.05, 4.69) is 14.7 Å². The van der Waals surface area contributed by atoms with E-state index >= 15 is 0 Å². The summed E-state index contributed by atoms with van der Waals surface area (Å²) in [6.45, 7) is 0.348. The van der Waals surface area contributed by atoms with E-state index in [1.807, 2.05) is 0 Å². The van der Waals surface area contributed by atoms with Crippen LogP contribution in [0.15, 0.2) is 4.52 Å². The molecule has 16 heavy (non-hydrogen) atoms.